The zero-order valence-corrected chi connectivity index (χ0v) is 52.4. The third kappa shape index (κ3) is 11.5. The Labute approximate surface area is 506 Å². The summed E-state index contributed by atoms with van der Waals surface area (Å²) in [4.78, 5) is 117. The number of amides is 6. The van der Waals surface area contributed by atoms with Crippen LogP contribution in [-0.4, -0.2) is 170 Å². The predicted octanol–water partition coefficient (Wildman–Crippen LogP) is 7.45. The number of aromatic nitrogens is 4. The van der Waals surface area contributed by atoms with Gasteiger partial charge in [-0.1, -0.05) is 48.3 Å². The van der Waals surface area contributed by atoms with Crippen LogP contribution in [0, 0.1) is 33.5 Å². The first kappa shape index (κ1) is 62.5. The maximum Gasteiger partial charge on any atom is 0.334 e. The van der Waals surface area contributed by atoms with E-state index in [1.165, 1.54) is 28.1 Å². The summed E-state index contributed by atoms with van der Waals surface area (Å²) in [5.74, 6) is 1.58. The first-order valence-electron chi connectivity index (χ1n) is 30.5. The number of imide groups is 2. The van der Waals surface area contributed by atoms with E-state index in [1.807, 2.05) is 13.8 Å². The van der Waals surface area contributed by atoms with E-state index < -0.39 is 57.4 Å². The van der Waals surface area contributed by atoms with Gasteiger partial charge in [-0.3, -0.25) is 58.1 Å². The minimum Gasteiger partial charge on any atom is -0.494 e. The smallest absolute Gasteiger partial charge is 0.334 e. The van der Waals surface area contributed by atoms with Gasteiger partial charge in [0.05, 0.1) is 13.2 Å². The normalized spacial score (nSPS) is 29.4. The summed E-state index contributed by atoms with van der Waals surface area (Å²) in [7, 11) is 6.42. The highest BCUT2D eigenvalue weighted by molar-refractivity contribution is 8.76. The molecule has 4 saturated carbocycles. The Morgan fingerprint density at radius 2 is 0.917 bits per heavy atom. The number of aromatic hydroxyl groups is 2. The molecule has 2 atom stereocenters. The Hall–Kier alpha value is -4.50. The van der Waals surface area contributed by atoms with Crippen LogP contribution in [0.4, 0.5) is 9.59 Å². The van der Waals surface area contributed by atoms with Gasteiger partial charge in [0, 0.05) is 100 Å². The molecule has 0 unspecified atom stereocenters. The topological polar surface area (TPSA) is 276 Å². The van der Waals surface area contributed by atoms with Crippen LogP contribution in [-0.2, 0) is 32.2 Å². The number of carbonyl (C=O) groups excluding carboxylic acids is 4. The Kier molecular flexibility index (Phi) is 19.1. The lowest BCUT2D eigenvalue weighted by Crippen LogP contribution is -2.64. The van der Waals surface area contributed by atoms with Crippen LogP contribution in [0.25, 0.3) is 0 Å². The van der Waals surface area contributed by atoms with Gasteiger partial charge in [-0.15, -0.1) is 23.5 Å². The van der Waals surface area contributed by atoms with E-state index >= 15 is 0 Å². The van der Waals surface area contributed by atoms with Crippen molar-refractivity contribution in [2.45, 2.75) is 179 Å². The fourth-order valence-corrected chi connectivity index (χ4v) is 19.4. The van der Waals surface area contributed by atoms with Crippen molar-refractivity contribution in [3.63, 3.8) is 0 Å². The average molecular weight is 1240 g/mol. The number of hydrogen-bond acceptors (Lipinski definition) is 18. The second kappa shape index (κ2) is 25.7. The highest BCUT2D eigenvalue weighted by Crippen LogP contribution is 2.63. The van der Waals surface area contributed by atoms with Crippen molar-refractivity contribution in [3.8, 4) is 11.8 Å². The molecule has 462 valence electrons. The molecule has 2 aromatic rings. The zero-order chi connectivity index (χ0) is 59.9. The van der Waals surface area contributed by atoms with Gasteiger partial charge in [0.15, 0.2) is 0 Å². The fourth-order valence-electron chi connectivity index (χ4n) is 15.2. The molecule has 8 aliphatic rings. The molecule has 4 aliphatic heterocycles. The molecule has 84 heavy (non-hydrogen) atoms. The number of hydrogen-bond donors (Lipinski definition) is 4. The SMILES string of the molecule is CCCCn1c(O)c(C(=N)SCCCSSCCCSC(=N)c2c(O)n(CCCC)c(=O)n(C3CCC4(CC3)CC3(C4)C(=O)N(C)C(=O)N3C[C@@H]3CCOC3)c2=O)c(=O)n(C2CCC3(CC2)CC2(C3)C(=O)N(C)C(=O)N2C[C@@H]2CCOC2)c1=O. The van der Waals surface area contributed by atoms with Gasteiger partial charge in [-0.25, -0.2) is 19.2 Å². The summed E-state index contributed by atoms with van der Waals surface area (Å²) in [5, 5.41) is 40.8. The molecule has 4 N–H and O–H groups in total. The van der Waals surface area contributed by atoms with Crippen LogP contribution in [0.1, 0.15) is 165 Å². The first-order chi connectivity index (χ1) is 40.3. The number of unbranched alkanes of at least 4 members (excludes halogenated alkanes) is 2. The molecule has 22 nitrogen and oxygen atoms in total. The number of carbonyl (C=O) groups is 4. The van der Waals surface area contributed by atoms with Crippen molar-refractivity contribution in [2.24, 2.45) is 22.7 Å². The number of ether oxygens (including phenoxy) is 2. The van der Waals surface area contributed by atoms with Crippen LogP contribution in [0.2, 0.25) is 0 Å². The average Bonchev–Trinajstić information content (AvgIpc) is 1.61. The van der Waals surface area contributed by atoms with Crippen molar-refractivity contribution < 1.29 is 38.9 Å². The third-order valence-electron chi connectivity index (χ3n) is 19.8. The number of rotatable bonds is 23. The number of urea groups is 2. The molecule has 4 saturated heterocycles. The Bertz CT molecular complexity index is 2910. The van der Waals surface area contributed by atoms with Gasteiger partial charge in [0.2, 0.25) is 11.8 Å². The molecular formula is C58H84N10O12S4. The molecule has 26 heteroatoms. The molecule has 6 amide bonds. The summed E-state index contributed by atoms with van der Waals surface area (Å²) in [6, 6.07) is -1.41. The minimum absolute atomic E-state index is 0.0935. The third-order valence-corrected chi connectivity index (χ3v) is 24.3. The van der Waals surface area contributed by atoms with Gasteiger partial charge >= 0.3 is 23.4 Å². The number of thioether (sulfide) groups is 2. The van der Waals surface area contributed by atoms with Crippen molar-refractivity contribution in [3.05, 3.63) is 52.8 Å². The van der Waals surface area contributed by atoms with Gasteiger partial charge in [0.1, 0.15) is 32.3 Å². The lowest BCUT2D eigenvalue weighted by Gasteiger charge is -2.58. The van der Waals surface area contributed by atoms with E-state index in [2.05, 4.69) is 0 Å². The van der Waals surface area contributed by atoms with Crippen molar-refractivity contribution in [1.29, 1.82) is 10.8 Å². The van der Waals surface area contributed by atoms with E-state index in [0.29, 0.717) is 154 Å². The van der Waals surface area contributed by atoms with Crippen molar-refractivity contribution >= 4 is 79.1 Å². The molecule has 0 bridgehead atoms. The fraction of sp³-hybridized carbons (Fsp3) is 0.759. The van der Waals surface area contributed by atoms with Crippen molar-refractivity contribution in [2.75, 3.05) is 76.6 Å². The highest BCUT2D eigenvalue weighted by Gasteiger charge is 2.69. The Morgan fingerprint density at radius 3 is 1.25 bits per heavy atom. The molecule has 10 rings (SSSR count). The number of likely N-dealkylation sites (N-methyl/N-ethyl adjacent to an activating group) is 2. The maximum atomic E-state index is 14.3. The van der Waals surface area contributed by atoms with Crippen LogP contribution in [0.15, 0.2) is 19.2 Å². The second-order valence-corrected chi connectivity index (χ2v) is 30.1. The van der Waals surface area contributed by atoms with Gasteiger partial charge < -0.3 is 29.5 Å². The molecule has 6 heterocycles. The molecule has 4 spiro atoms. The number of nitrogens with one attached hydrogen (secondary N) is 2. The second-order valence-electron chi connectivity index (χ2n) is 25.2. The number of nitrogens with zero attached hydrogens (tertiary/aromatic N) is 8. The summed E-state index contributed by atoms with van der Waals surface area (Å²) < 4.78 is 16.1. The van der Waals surface area contributed by atoms with Crippen molar-refractivity contribution in [1.82, 2.24) is 37.9 Å². The van der Waals surface area contributed by atoms with E-state index in [0.717, 1.165) is 60.7 Å². The molecule has 2 aromatic heterocycles. The maximum absolute atomic E-state index is 14.3. The molecule has 8 fully saturated rings. The molecule has 0 radical (unpaired) electrons. The van der Waals surface area contributed by atoms with Gasteiger partial charge in [-0.05, 0) is 126 Å². The van der Waals surface area contributed by atoms with E-state index in [1.54, 1.807) is 45.5 Å². The summed E-state index contributed by atoms with van der Waals surface area (Å²) in [6.07, 6.45) is 12.8. The minimum atomic E-state index is -0.872. The highest BCUT2D eigenvalue weighted by atomic mass is 33.1. The quantitative estimate of drug-likeness (QED) is 0.0276. The van der Waals surface area contributed by atoms with E-state index in [-0.39, 0.29) is 80.8 Å². The molecule has 0 aromatic carbocycles. The zero-order valence-electron chi connectivity index (χ0n) is 49.1. The monoisotopic (exact) mass is 1240 g/mol. The van der Waals surface area contributed by atoms with Gasteiger partial charge in [0.25, 0.3) is 22.9 Å². The largest absolute Gasteiger partial charge is 0.494 e. The van der Waals surface area contributed by atoms with Gasteiger partial charge in [-0.2, -0.15) is 0 Å². The van der Waals surface area contributed by atoms with E-state index in [9.17, 15) is 48.6 Å². The standard InChI is InChI=1S/C58H84N10O12S4/c1-5-7-21-63-45(69)41(47(71)67(53(63)77)39-11-17-55(18-12-39)33-57(34-55)49(73)61(3)51(75)65(57)29-37-15-23-79-31-37)43(59)81-25-9-27-83-84-28-10-26-82-44(60)42-46(70)64(22-8-6-2)54(78)68(48(42)72)40-13-19-56(20-14-40)35-58(36-56)50(74)62(4)52(76)66(58)30-38-16-24-80-32-38/h37-40,59-60,69-70H,5-36H2,1-4H3/t37-,38-,39?,40?,55?,56?,57?,58?/m0/s1. The van der Waals surface area contributed by atoms with Crippen LogP contribution in [0.3, 0.4) is 0 Å². The first-order valence-corrected chi connectivity index (χ1v) is 34.9. The molecular weight excluding hydrogens is 1160 g/mol. The Balaban J connectivity index is 0.689. The Morgan fingerprint density at radius 1 is 0.548 bits per heavy atom. The van der Waals surface area contributed by atoms with Crippen LogP contribution in [0.5, 0.6) is 11.8 Å². The lowest BCUT2D eigenvalue weighted by molar-refractivity contribution is -0.150. The van der Waals surface area contributed by atoms with Crippen LogP contribution >= 0.6 is 45.1 Å². The summed E-state index contributed by atoms with van der Waals surface area (Å²) >= 11 is 2.32. The lowest BCUT2D eigenvalue weighted by atomic mass is 9.51. The molecule has 4 aliphatic carbocycles. The predicted molar refractivity (Wildman–Crippen MR) is 327 cm³/mol. The van der Waals surface area contributed by atoms with Crippen LogP contribution < -0.4 is 22.5 Å². The van der Waals surface area contributed by atoms with E-state index in [4.69, 9.17) is 20.3 Å². The summed E-state index contributed by atoms with van der Waals surface area (Å²) in [6.45, 7) is 7.77. The summed E-state index contributed by atoms with van der Waals surface area (Å²) in [5.41, 5.74) is -4.96.